The molecule has 4 aromatic rings. The summed E-state index contributed by atoms with van der Waals surface area (Å²) >= 11 is 0. The van der Waals surface area contributed by atoms with Crippen molar-refractivity contribution in [1.82, 2.24) is 15.5 Å². The van der Waals surface area contributed by atoms with Gasteiger partial charge in [-0.05, 0) is 126 Å². The van der Waals surface area contributed by atoms with E-state index in [-0.39, 0.29) is 102 Å². The molecular formula is C62H77N5O17. The number of amides is 6. The number of carbonyl (C=O) groups excluding carboxylic acids is 8. The predicted octanol–water partition coefficient (Wildman–Crippen LogP) is 6.73. The molecule has 3 aromatic carbocycles. The third kappa shape index (κ3) is 17.2. The van der Waals surface area contributed by atoms with Crippen molar-refractivity contribution in [3.63, 3.8) is 0 Å². The van der Waals surface area contributed by atoms with Crippen molar-refractivity contribution in [2.45, 2.75) is 156 Å². The van der Waals surface area contributed by atoms with Gasteiger partial charge in [-0.3, -0.25) is 38.5 Å². The van der Waals surface area contributed by atoms with Gasteiger partial charge in [0, 0.05) is 81.3 Å². The molecular weight excluding hydrogens is 1090 g/mol. The molecule has 2 aliphatic rings. The number of imide groups is 1. The van der Waals surface area contributed by atoms with Gasteiger partial charge in [-0.1, -0.05) is 44.1 Å². The highest BCUT2D eigenvalue weighted by atomic mass is 16.7. The average Bonchev–Trinajstić information content (AvgIpc) is 1.58. The van der Waals surface area contributed by atoms with Crippen LogP contribution in [0.3, 0.4) is 0 Å². The molecule has 22 heteroatoms. The lowest BCUT2D eigenvalue weighted by molar-refractivity contribution is -0.308. The third-order valence-electron chi connectivity index (χ3n) is 14.6. The summed E-state index contributed by atoms with van der Waals surface area (Å²) in [5, 5.41) is 31.0. The van der Waals surface area contributed by atoms with Crippen LogP contribution in [0.15, 0.2) is 87.6 Å². The Labute approximate surface area is 487 Å². The molecule has 7 N–H and O–H groups in total. The van der Waals surface area contributed by atoms with Crippen molar-refractivity contribution >= 4 is 63.9 Å². The normalized spacial score (nSPS) is 18.0. The third-order valence-corrected chi connectivity index (χ3v) is 14.6. The van der Waals surface area contributed by atoms with Crippen LogP contribution in [0.25, 0.3) is 11.0 Å². The lowest BCUT2D eigenvalue weighted by Crippen LogP contribution is -2.65. The minimum absolute atomic E-state index is 0.0256. The van der Waals surface area contributed by atoms with Crippen LogP contribution < -0.4 is 36.8 Å². The lowest BCUT2D eigenvalue weighted by atomic mass is 9.89. The Hall–Kier alpha value is -8.21. The second-order valence-electron chi connectivity index (χ2n) is 22.2. The molecule has 0 unspecified atom stereocenters. The summed E-state index contributed by atoms with van der Waals surface area (Å²) < 4.78 is 35.1. The number of aliphatic hydroxyl groups excluding tert-OH is 1. The number of benzene rings is 3. The van der Waals surface area contributed by atoms with Gasteiger partial charge in [0.15, 0.2) is 23.8 Å². The fourth-order valence-electron chi connectivity index (χ4n) is 10.0. The molecule has 2 aliphatic heterocycles. The van der Waals surface area contributed by atoms with E-state index in [0.29, 0.717) is 49.1 Å². The summed E-state index contributed by atoms with van der Waals surface area (Å²) in [6.07, 6.45) is 1.59. The molecule has 452 valence electrons. The van der Waals surface area contributed by atoms with Gasteiger partial charge in [0.05, 0.1) is 22.6 Å². The maximum atomic E-state index is 13.9. The number of Topliss-reactive ketones (excluding diaryl/α,β-unsaturated/α-hetero) is 2. The lowest BCUT2D eigenvalue weighted by Gasteiger charge is -2.47. The highest BCUT2D eigenvalue weighted by Gasteiger charge is 2.53. The number of unbranched alkanes of at least 4 members (excludes halogenated alkanes) is 2. The number of aliphatic hydroxyl groups is 1. The molecule has 0 saturated carbocycles. The minimum atomic E-state index is -1.48. The number of aryl methyl sites for hydroxylation is 1. The van der Waals surface area contributed by atoms with E-state index in [2.05, 4.69) is 16.0 Å². The van der Waals surface area contributed by atoms with Crippen LogP contribution in [-0.2, 0) is 62.4 Å². The second kappa shape index (κ2) is 29.4. The van der Waals surface area contributed by atoms with E-state index in [9.17, 15) is 53.4 Å². The van der Waals surface area contributed by atoms with Crippen LogP contribution in [0.5, 0.6) is 17.2 Å². The zero-order valence-electron chi connectivity index (χ0n) is 49.0. The number of allylic oxidation sites excluding steroid dienone is 2. The SMILES string of the molecule is CO[C@@H]1[C@@H](OC(C)=O)[C@@H](O)[C@H](Oc2ccc3c(O)c(CC(=O)c4ccc(OCc5ccc(NC(=O)[C@H](CCCNC(N)=O)CC(=O)[C@@H](NC(=O)CCCCCN6C(=O)C=CC6=O)C(C)C)cc5)c(CC=C(C)C)c4)c(=O)oc3c2C)OC1(C)C. The van der Waals surface area contributed by atoms with Crippen LogP contribution in [-0.4, -0.2) is 119 Å². The number of hydrogen-bond acceptors (Lipinski definition) is 17. The molecule has 84 heavy (non-hydrogen) atoms. The van der Waals surface area contributed by atoms with Crippen LogP contribution in [0.2, 0.25) is 0 Å². The molecule has 6 amide bonds. The minimum Gasteiger partial charge on any atom is -0.507 e. The van der Waals surface area contributed by atoms with Gasteiger partial charge >= 0.3 is 17.6 Å². The molecule has 1 aromatic heterocycles. The summed E-state index contributed by atoms with van der Waals surface area (Å²) in [6, 6.07) is 13.1. The molecule has 0 spiro atoms. The molecule has 1 fully saturated rings. The van der Waals surface area contributed by atoms with Gasteiger partial charge in [0.2, 0.25) is 18.1 Å². The number of nitrogens with zero attached hydrogens (tertiary/aromatic N) is 1. The predicted molar refractivity (Wildman–Crippen MR) is 309 cm³/mol. The summed E-state index contributed by atoms with van der Waals surface area (Å²) in [4.78, 5) is 116. The molecule has 22 nitrogen and oxygen atoms in total. The fraction of sp³-hybridized carbons (Fsp3) is 0.468. The number of urea groups is 1. The van der Waals surface area contributed by atoms with Crippen molar-refractivity contribution in [1.29, 1.82) is 0 Å². The van der Waals surface area contributed by atoms with Gasteiger partial charge in [-0.2, -0.15) is 0 Å². The quantitative estimate of drug-likeness (QED) is 0.00819. The van der Waals surface area contributed by atoms with E-state index < -0.39 is 83.6 Å². The summed E-state index contributed by atoms with van der Waals surface area (Å²) in [5.74, 6) is -3.91. The Morgan fingerprint density at radius 3 is 2.24 bits per heavy atom. The van der Waals surface area contributed by atoms with Crippen LogP contribution in [0.1, 0.15) is 126 Å². The molecule has 6 rings (SSSR count). The number of fused-ring (bicyclic) bond motifs is 1. The Morgan fingerprint density at radius 1 is 0.905 bits per heavy atom. The number of methoxy groups -OCH3 is 1. The Kier molecular flexibility index (Phi) is 22.7. The number of carbonyl (C=O) groups is 8. The molecule has 0 aliphatic carbocycles. The van der Waals surface area contributed by atoms with Gasteiger partial charge in [-0.25, -0.2) is 9.59 Å². The average molecular weight is 1160 g/mol. The monoisotopic (exact) mass is 1160 g/mol. The van der Waals surface area contributed by atoms with Gasteiger partial charge in [0.1, 0.15) is 35.5 Å². The van der Waals surface area contributed by atoms with Crippen molar-refractivity contribution in [2.75, 3.05) is 25.5 Å². The zero-order chi connectivity index (χ0) is 61.6. The maximum absolute atomic E-state index is 13.9. The van der Waals surface area contributed by atoms with Gasteiger partial charge in [0.25, 0.3) is 11.8 Å². The van der Waals surface area contributed by atoms with Gasteiger partial charge in [-0.15, -0.1) is 0 Å². The Morgan fingerprint density at radius 2 is 1.60 bits per heavy atom. The van der Waals surface area contributed by atoms with Crippen LogP contribution in [0, 0.1) is 18.8 Å². The smallest absolute Gasteiger partial charge is 0.343 e. The molecule has 6 atom stereocenters. The number of ketones is 2. The first-order chi connectivity index (χ1) is 39.8. The first kappa shape index (κ1) is 65.0. The number of ether oxygens (including phenoxy) is 5. The number of nitrogens with one attached hydrogen (secondary N) is 3. The van der Waals surface area contributed by atoms with Crippen LogP contribution in [0.4, 0.5) is 10.5 Å². The van der Waals surface area contributed by atoms with E-state index in [4.69, 9.17) is 33.8 Å². The highest BCUT2D eigenvalue weighted by Crippen LogP contribution is 2.38. The highest BCUT2D eigenvalue weighted by molar-refractivity contribution is 6.12. The first-order valence-electron chi connectivity index (χ1n) is 28.0. The van der Waals surface area contributed by atoms with Gasteiger partial charge < -0.3 is 60.0 Å². The summed E-state index contributed by atoms with van der Waals surface area (Å²) in [5.41, 5.74) is 6.32. The summed E-state index contributed by atoms with van der Waals surface area (Å²) in [7, 11) is 1.40. The number of hydrogen-bond donors (Lipinski definition) is 6. The van der Waals surface area contributed by atoms with Crippen molar-refractivity contribution in [3.05, 3.63) is 117 Å². The van der Waals surface area contributed by atoms with Crippen molar-refractivity contribution in [3.8, 4) is 17.2 Å². The van der Waals surface area contributed by atoms with E-state index in [1.807, 2.05) is 19.9 Å². The molecule has 0 bridgehead atoms. The number of nitrogens with two attached hydrogens (primary N) is 1. The van der Waals surface area contributed by atoms with E-state index in [1.54, 1.807) is 77.1 Å². The van der Waals surface area contributed by atoms with Crippen molar-refractivity contribution in [2.24, 2.45) is 17.6 Å². The maximum Gasteiger partial charge on any atom is 0.343 e. The Balaban J connectivity index is 1.08. The van der Waals surface area contributed by atoms with E-state index >= 15 is 0 Å². The molecule has 0 radical (unpaired) electrons. The number of anilines is 1. The van der Waals surface area contributed by atoms with Crippen molar-refractivity contribution < 1.29 is 76.7 Å². The standard InChI is InChI=1S/C62H77N5O17/c1-34(2)16-19-40-30-39(45(69)32-44-53(74)43-23-25-47(36(5)55(43)83-59(44)77)82-60-54(75)56(81-37(6)68)57(79-9)62(7,8)84-60)20-24-48(40)80-33-38-17-21-42(22-18-38)65-58(76)41(14-13-28-64-61(63)78)31-46(70)52(35(3)4)66-49(71)15-11-10-12-29-67-50(72)26-27-51(67)73/h16-18,20-27,30,35,41,52,54,56-57,60,74-75H,10-15,19,28-29,31-33H2,1-9H3,(H,65,76)(H,66,71)(H3,63,64,78)/t41-,52+,54-,56+,57-,60-/m1/s1. The molecule has 1 saturated heterocycles. The topological polar surface area (TPSA) is 319 Å². The number of rotatable bonds is 29. The number of esters is 1. The van der Waals surface area contributed by atoms with E-state index in [0.717, 1.165) is 16.0 Å². The fourth-order valence-corrected chi connectivity index (χ4v) is 10.0. The Bertz CT molecular complexity index is 3200. The van der Waals surface area contributed by atoms with Crippen LogP contribution >= 0.6 is 0 Å². The number of aromatic hydroxyl groups is 1. The number of primary amides is 1. The largest absolute Gasteiger partial charge is 0.507 e. The second-order valence-corrected chi connectivity index (χ2v) is 22.2. The zero-order valence-corrected chi connectivity index (χ0v) is 49.0. The molecule has 3 heterocycles. The summed E-state index contributed by atoms with van der Waals surface area (Å²) in [6.45, 7) is 14.2. The first-order valence-corrected chi connectivity index (χ1v) is 28.0. The van der Waals surface area contributed by atoms with E-state index in [1.165, 1.54) is 38.3 Å².